The van der Waals surface area contributed by atoms with Crippen LogP contribution in [-0.4, -0.2) is 17.5 Å². The first-order chi connectivity index (χ1) is 11.0. The average Bonchev–Trinajstić information content (AvgIpc) is 2.53. The molecule has 2 rings (SSSR count). The first-order valence-corrected chi connectivity index (χ1v) is 7.73. The number of hydrogen-bond donors (Lipinski definition) is 2. The van der Waals surface area contributed by atoms with E-state index in [0.717, 1.165) is 10.0 Å². The molecule has 5 nitrogen and oxygen atoms in total. The molecule has 6 heteroatoms. The lowest BCUT2D eigenvalue weighted by Gasteiger charge is -2.05. The van der Waals surface area contributed by atoms with Crippen LogP contribution in [0, 0.1) is 0 Å². The molecular formula is C17H16BrN3O2. The van der Waals surface area contributed by atoms with Crippen molar-refractivity contribution < 1.29 is 9.59 Å². The average molecular weight is 374 g/mol. The highest BCUT2D eigenvalue weighted by molar-refractivity contribution is 9.10. The number of nitrogens with zero attached hydrogens (tertiary/aromatic N) is 1. The number of halogens is 1. The largest absolute Gasteiger partial charge is 0.326 e. The molecule has 0 saturated carbocycles. The minimum atomic E-state index is -0.309. The Morgan fingerprint density at radius 1 is 0.913 bits per heavy atom. The van der Waals surface area contributed by atoms with Crippen molar-refractivity contribution in [3.8, 4) is 0 Å². The van der Waals surface area contributed by atoms with Crippen LogP contribution < -0.4 is 10.7 Å². The van der Waals surface area contributed by atoms with Crippen LogP contribution in [0.2, 0.25) is 0 Å². The van der Waals surface area contributed by atoms with Crippen LogP contribution in [0.5, 0.6) is 0 Å². The number of benzene rings is 2. The molecule has 0 bridgehead atoms. The van der Waals surface area contributed by atoms with Gasteiger partial charge in [0.05, 0.1) is 5.71 Å². The van der Waals surface area contributed by atoms with Crippen molar-refractivity contribution in [1.29, 1.82) is 0 Å². The summed E-state index contributed by atoms with van der Waals surface area (Å²) in [5.74, 6) is -0.465. The van der Waals surface area contributed by atoms with Gasteiger partial charge in [0.2, 0.25) is 5.91 Å². The van der Waals surface area contributed by atoms with Crippen molar-refractivity contribution in [1.82, 2.24) is 5.43 Å². The van der Waals surface area contributed by atoms with E-state index < -0.39 is 0 Å². The van der Waals surface area contributed by atoms with Crippen molar-refractivity contribution in [3.63, 3.8) is 0 Å². The molecule has 2 aromatic carbocycles. The molecule has 0 radical (unpaired) electrons. The van der Waals surface area contributed by atoms with Crippen molar-refractivity contribution in [2.45, 2.75) is 13.8 Å². The van der Waals surface area contributed by atoms with Crippen LogP contribution in [0.4, 0.5) is 5.69 Å². The number of rotatable bonds is 4. The number of hydrazone groups is 1. The van der Waals surface area contributed by atoms with Gasteiger partial charge in [-0.3, -0.25) is 9.59 Å². The SMILES string of the molecule is CC(=O)Nc1ccc(C(=O)N/N=C(/C)c2ccc(Br)cc2)cc1. The van der Waals surface area contributed by atoms with Gasteiger partial charge in [-0.15, -0.1) is 0 Å². The normalized spacial score (nSPS) is 11.0. The van der Waals surface area contributed by atoms with E-state index in [-0.39, 0.29) is 11.8 Å². The molecule has 2 aromatic rings. The highest BCUT2D eigenvalue weighted by Gasteiger charge is 2.05. The summed E-state index contributed by atoms with van der Waals surface area (Å²) in [7, 11) is 0. The Hall–Kier alpha value is -2.47. The Kier molecular flexibility index (Phi) is 5.65. The van der Waals surface area contributed by atoms with E-state index in [9.17, 15) is 9.59 Å². The van der Waals surface area contributed by atoms with E-state index in [0.29, 0.717) is 17.0 Å². The van der Waals surface area contributed by atoms with Gasteiger partial charge in [-0.25, -0.2) is 5.43 Å². The molecule has 0 saturated heterocycles. The van der Waals surface area contributed by atoms with Gasteiger partial charge in [0.25, 0.3) is 5.91 Å². The van der Waals surface area contributed by atoms with Crippen molar-refractivity contribution in [2.24, 2.45) is 5.10 Å². The highest BCUT2D eigenvalue weighted by Crippen LogP contribution is 2.12. The van der Waals surface area contributed by atoms with E-state index in [1.165, 1.54) is 6.92 Å². The standard InChI is InChI=1S/C17H16BrN3O2/c1-11(13-3-7-15(18)8-4-13)20-21-17(23)14-5-9-16(10-6-14)19-12(2)22/h3-10H,1-2H3,(H,19,22)(H,21,23)/b20-11-. The second-order valence-corrected chi connectivity index (χ2v) is 5.82. The van der Waals surface area contributed by atoms with Gasteiger partial charge in [0, 0.05) is 22.6 Å². The lowest BCUT2D eigenvalue weighted by atomic mass is 10.1. The quantitative estimate of drug-likeness (QED) is 0.635. The summed E-state index contributed by atoms with van der Waals surface area (Å²) in [5.41, 5.74) is 5.26. The van der Waals surface area contributed by atoms with Crippen molar-refractivity contribution in [3.05, 3.63) is 64.1 Å². The van der Waals surface area contributed by atoms with Gasteiger partial charge in [-0.05, 0) is 48.9 Å². The van der Waals surface area contributed by atoms with Crippen molar-refractivity contribution in [2.75, 3.05) is 5.32 Å². The van der Waals surface area contributed by atoms with Crippen LogP contribution in [-0.2, 0) is 4.79 Å². The fraction of sp³-hybridized carbons (Fsp3) is 0.118. The molecule has 23 heavy (non-hydrogen) atoms. The Morgan fingerprint density at radius 2 is 1.48 bits per heavy atom. The van der Waals surface area contributed by atoms with E-state index in [2.05, 4.69) is 31.8 Å². The van der Waals surface area contributed by atoms with Gasteiger partial charge in [0.15, 0.2) is 0 Å². The molecule has 0 aromatic heterocycles. The van der Waals surface area contributed by atoms with Gasteiger partial charge >= 0.3 is 0 Å². The Balaban J connectivity index is 2.02. The zero-order valence-corrected chi connectivity index (χ0v) is 14.3. The van der Waals surface area contributed by atoms with Crippen LogP contribution in [0.15, 0.2) is 58.1 Å². The monoisotopic (exact) mass is 373 g/mol. The first kappa shape index (κ1) is 16.9. The zero-order valence-electron chi connectivity index (χ0n) is 12.8. The number of hydrogen-bond acceptors (Lipinski definition) is 3. The molecule has 0 atom stereocenters. The number of amides is 2. The van der Waals surface area contributed by atoms with Crippen LogP contribution in [0.1, 0.15) is 29.8 Å². The van der Waals surface area contributed by atoms with Gasteiger partial charge < -0.3 is 5.32 Å². The second kappa shape index (κ2) is 7.69. The summed E-state index contributed by atoms with van der Waals surface area (Å²) in [6.07, 6.45) is 0. The topological polar surface area (TPSA) is 70.6 Å². The smallest absolute Gasteiger partial charge is 0.271 e. The second-order valence-electron chi connectivity index (χ2n) is 4.90. The molecular weight excluding hydrogens is 358 g/mol. The first-order valence-electron chi connectivity index (χ1n) is 6.94. The lowest BCUT2D eigenvalue weighted by Crippen LogP contribution is -2.19. The number of carbonyl (C=O) groups is 2. The fourth-order valence-corrected chi connectivity index (χ4v) is 2.13. The predicted octanol–water partition coefficient (Wildman–Crippen LogP) is 3.56. The summed E-state index contributed by atoms with van der Waals surface area (Å²) in [6, 6.07) is 14.3. The molecule has 0 spiro atoms. The summed E-state index contributed by atoms with van der Waals surface area (Å²) in [4.78, 5) is 23.0. The molecule has 0 heterocycles. The number of nitrogens with one attached hydrogen (secondary N) is 2. The Labute approximate surface area is 142 Å². The third-order valence-corrected chi connectivity index (χ3v) is 3.58. The van der Waals surface area contributed by atoms with Crippen molar-refractivity contribution >= 4 is 39.1 Å². The maximum absolute atomic E-state index is 12.1. The van der Waals surface area contributed by atoms with E-state index in [4.69, 9.17) is 0 Å². The molecule has 2 N–H and O–H groups in total. The fourth-order valence-electron chi connectivity index (χ4n) is 1.86. The van der Waals surface area contributed by atoms with Gasteiger partial charge in [0.1, 0.15) is 0 Å². The molecule has 2 amide bonds. The van der Waals surface area contributed by atoms with Gasteiger partial charge in [-0.1, -0.05) is 28.1 Å². The van der Waals surface area contributed by atoms with E-state index >= 15 is 0 Å². The predicted molar refractivity (Wildman–Crippen MR) is 94.6 cm³/mol. The molecule has 0 aliphatic heterocycles. The number of anilines is 1. The van der Waals surface area contributed by atoms with Crippen LogP contribution in [0.25, 0.3) is 0 Å². The molecule has 0 aliphatic rings. The maximum atomic E-state index is 12.1. The minimum absolute atomic E-state index is 0.156. The molecule has 118 valence electrons. The summed E-state index contributed by atoms with van der Waals surface area (Å²) in [6.45, 7) is 3.25. The maximum Gasteiger partial charge on any atom is 0.271 e. The summed E-state index contributed by atoms with van der Waals surface area (Å²) in [5, 5.41) is 6.75. The third kappa shape index (κ3) is 5.03. The lowest BCUT2D eigenvalue weighted by molar-refractivity contribution is -0.114. The summed E-state index contributed by atoms with van der Waals surface area (Å²) >= 11 is 3.37. The van der Waals surface area contributed by atoms with Crippen LogP contribution >= 0.6 is 15.9 Å². The molecule has 0 fully saturated rings. The van der Waals surface area contributed by atoms with Gasteiger partial charge in [-0.2, -0.15) is 5.10 Å². The molecule has 0 unspecified atom stereocenters. The third-order valence-electron chi connectivity index (χ3n) is 3.05. The Morgan fingerprint density at radius 3 is 2.04 bits per heavy atom. The highest BCUT2D eigenvalue weighted by atomic mass is 79.9. The number of carbonyl (C=O) groups excluding carboxylic acids is 2. The summed E-state index contributed by atoms with van der Waals surface area (Å²) < 4.78 is 0.984. The van der Waals surface area contributed by atoms with E-state index in [1.54, 1.807) is 24.3 Å². The Bertz CT molecular complexity index is 737. The van der Waals surface area contributed by atoms with Crippen LogP contribution in [0.3, 0.4) is 0 Å². The zero-order chi connectivity index (χ0) is 16.8. The van der Waals surface area contributed by atoms with E-state index in [1.807, 2.05) is 31.2 Å². The molecule has 0 aliphatic carbocycles. The minimum Gasteiger partial charge on any atom is -0.326 e.